The molecule has 4 nitrogen and oxygen atoms in total. The van der Waals surface area contributed by atoms with Gasteiger partial charge in [-0.05, 0) is 39.0 Å². The van der Waals surface area contributed by atoms with Crippen LogP contribution < -0.4 is 4.72 Å². The standard InChI is InChI=1S/C17H24N2O2S/c1-4-19(5-2)15-10-9-13-17(3,14-15)18-22(20,21)16-11-7-6-8-12-16/h6-13,18H,4-5,14H2,1-3H3. The van der Waals surface area contributed by atoms with Gasteiger partial charge in [0.15, 0.2) is 0 Å². The maximum atomic E-state index is 12.5. The van der Waals surface area contributed by atoms with Crippen LogP contribution in [-0.2, 0) is 10.0 Å². The molecule has 0 spiro atoms. The van der Waals surface area contributed by atoms with Crippen molar-refractivity contribution in [2.24, 2.45) is 0 Å². The fraction of sp³-hybridized carbons (Fsp3) is 0.412. The van der Waals surface area contributed by atoms with E-state index in [0.717, 1.165) is 18.8 Å². The summed E-state index contributed by atoms with van der Waals surface area (Å²) in [5.74, 6) is 0. The van der Waals surface area contributed by atoms with Gasteiger partial charge in [0.2, 0.25) is 10.0 Å². The van der Waals surface area contributed by atoms with Crippen molar-refractivity contribution in [3.05, 3.63) is 54.3 Å². The summed E-state index contributed by atoms with van der Waals surface area (Å²) in [7, 11) is -3.53. The van der Waals surface area contributed by atoms with Gasteiger partial charge < -0.3 is 4.90 Å². The number of rotatable bonds is 6. The maximum Gasteiger partial charge on any atom is 0.241 e. The molecular formula is C17H24N2O2S. The van der Waals surface area contributed by atoms with Crippen molar-refractivity contribution in [3.63, 3.8) is 0 Å². The fourth-order valence-corrected chi connectivity index (χ4v) is 4.14. The van der Waals surface area contributed by atoms with Gasteiger partial charge >= 0.3 is 0 Å². The van der Waals surface area contributed by atoms with Crippen molar-refractivity contribution < 1.29 is 8.42 Å². The van der Waals surface area contributed by atoms with Crippen LogP contribution in [0, 0.1) is 0 Å². The zero-order valence-electron chi connectivity index (χ0n) is 13.4. The second kappa shape index (κ2) is 6.67. The van der Waals surface area contributed by atoms with Gasteiger partial charge in [-0.1, -0.05) is 30.4 Å². The smallest absolute Gasteiger partial charge is 0.241 e. The van der Waals surface area contributed by atoms with Crippen LogP contribution in [0.1, 0.15) is 27.2 Å². The normalized spacial score (nSPS) is 21.5. The Morgan fingerprint density at radius 1 is 1.18 bits per heavy atom. The molecule has 1 N–H and O–H groups in total. The van der Waals surface area contributed by atoms with Crippen LogP contribution >= 0.6 is 0 Å². The van der Waals surface area contributed by atoms with Crippen molar-refractivity contribution in [2.75, 3.05) is 13.1 Å². The maximum absolute atomic E-state index is 12.5. The molecular weight excluding hydrogens is 296 g/mol. The lowest BCUT2D eigenvalue weighted by Gasteiger charge is -2.35. The number of nitrogens with zero attached hydrogens (tertiary/aromatic N) is 1. The van der Waals surface area contributed by atoms with Gasteiger partial charge in [-0.2, -0.15) is 0 Å². The Balaban J connectivity index is 2.20. The van der Waals surface area contributed by atoms with Gasteiger partial charge in [0, 0.05) is 25.2 Å². The summed E-state index contributed by atoms with van der Waals surface area (Å²) in [6.45, 7) is 7.96. The highest BCUT2D eigenvalue weighted by molar-refractivity contribution is 7.89. The molecule has 5 heteroatoms. The first-order valence-electron chi connectivity index (χ1n) is 7.62. The van der Waals surface area contributed by atoms with E-state index in [0.29, 0.717) is 11.3 Å². The number of sulfonamides is 1. The Bertz CT molecular complexity index is 661. The number of hydrogen-bond donors (Lipinski definition) is 1. The fourth-order valence-electron chi connectivity index (χ4n) is 2.75. The zero-order chi connectivity index (χ0) is 16.2. The Kier molecular flexibility index (Phi) is 5.08. The lowest BCUT2D eigenvalue weighted by Crippen LogP contribution is -2.46. The van der Waals surface area contributed by atoms with Crippen LogP contribution in [-0.4, -0.2) is 31.9 Å². The van der Waals surface area contributed by atoms with Crippen molar-refractivity contribution in [3.8, 4) is 0 Å². The van der Waals surface area contributed by atoms with Crippen LogP contribution in [0.5, 0.6) is 0 Å². The monoisotopic (exact) mass is 320 g/mol. The van der Waals surface area contributed by atoms with Crippen LogP contribution in [0.2, 0.25) is 0 Å². The minimum Gasteiger partial charge on any atom is -0.375 e. The molecule has 120 valence electrons. The molecule has 1 atom stereocenters. The first-order chi connectivity index (χ1) is 10.4. The van der Waals surface area contributed by atoms with E-state index in [4.69, 9.17) is 0 Å². The van der Waals surface area contributed by atoms with Gasteiger partial charge in [-0.15, -0.1) is 0 Å². The van der Waals surface area contributed by atoms with Crippen LogP contribution in [0.25, 0.3) is 0 Å². The Labute approximate surface area is 133 Å². The van der Waals surface area contributed by atoms with E-state index < -0.39 is 15.6 Å². The first-order valence-corrected chi connectivity index (χ1v) is 9.11. The molecule has 0 amide bonds. The second-order valence-electron chi connectivity index (χ2n) is 5.70. The summed E-state index contributed by atoms with van der Waals surface area (Å²) in [6, 6.07) is 8.49. The topological polar surface area (TPSA) is 49.4 Å². The van der Waals surface area contributed by atoms with Gasteiger partial charge in [-0.25, -0.2) is 13.1 Å². The molecule has 1 aromatic rings. The molecule has 0 heterocycles. The van der Waals surface area contributed by atoms with E-state index in [1.165, 1.54) is 0 Å². The molecule has 0 saturated carbocycles. The first kappa shape index (κ1) is 16.8. The predicted octanol–water partition coefficient (Wildman–Crippen LogP) is 2.91. The SMILES string of the molecule is CCN(CC)C1=CC=CC(C)(NS(=O)(=O)c2ccccc2)C1. The average molecular weight is 320 g/mol. The molecule has 1 unspecified atom stereocenters. The molecule has 0 saturated heterocycles. The van der Waals surface area contributed by atoms with Gasteiger partial charge in [0.05, 0.1) is 10.4 Å². The molecule has 0 aromatic heterocycles. The van der Waals surface area contributed by atoms with Crippen LogP contribution in [0.15, 0.2) is 59.2 Å². The third kappa shape index (κ3) is 3.78. The number of nitrogens with one attached hydrogen (secondary N) is 1. The largest absolute Gasteiger partial charge is 0.375 e. The van der Waals surface area contributed by atoms with E-state index in [9.17, 15) is 8.42 Å². The summed E-state index contributed by atoms with van der Waals surface area (Å²) in [5.41, 5.74) is 0.548. The number of hydrogen-bond acceptors (Lipinski definition) is 3. The van der Waals surface area contributed by atoms with E-state index >= 15 is 0 Å². The average Bonchev–Trinajstić information content (AvgIpc) is 2.48. The van der Waals surface area contributed by atoms with E-state index in [-0.39, 0.29) is 0 Å². The van der Waals surface area contributed by atoms with Crippen LogP contribution in [0.3, 0.4) is 0 Å². The summed E-state index contributed by atoms with van der Waals surface area (Å²) in [4.78, 5) is 2.54. The molecule has 1 aliphatic carbocycles. The van der Waals surface area contributed by atoms with Crippen molar-refractivity contribution in [1.29, 1.82) is 0 Å². The Hall–Kier alpha value is -1.59. The highest BCUT2D eigenvalue weighted by Crippen LogP contribution is 2.27. The minimum atomic E-state index is -3.53. The molecule has 1 aliphatic rings. The summed E-state index contributed by atoms with van der Waals surface area (Å²) >= 11 is 0. The lowest BCUT2D eigenvalue weighted by atomic mass is 9.92. The highest BCUT2D eigenvalue weighted by Gasteiger charge is 2.31. The molecule has 0 bridgehead atoms. The van der Waals surface area contributed by atoms with Crippen LogP contribution in [0.4, 0.5) is 0 Å². The second-order valence-corrected chi connectivity index (χ2v) is 7.38. The molecule has 1 aromatic carbocycles. The Morgan fingerprint density at radius 3 is 2.41 bits per heavy atom. The van der Waals surface area contributed by atoms with Gasteiger partial charge in [-0.3, -0.25) is 0 Å². The van der Waals surface area contributed by atoms with E-state index in [1.54, 1.807) is 24.3 Å². The molecule has 0 radical (unpaired) electrons. The Morgan fingerprint density at radius 2 is 1.82 bits per heavy atom. The van der Waals surface area contributed by atoms with Gasteiger partial charge in [0.1, 0.15) is 0 Å². The summed E-state index contributed by atoms with van der Waals surface area (Å²) < 4.78 is 27.9. The molecule has 0 aliphatic heterocycles. The molecule has 2 rings (SSSR count). The van der Waals surface area contributed by atoms with E-state index in [2.05, 4.69) is 29.5 Å². The van der Waals surface area contributed by atoms with Crippen molar-refractivity contribution in [2.45, 2.75) is 37.6 Å². The summed E-state index contributed by atoms with van der Waals surface area (Å²) in [6.07, 6.45) is 6.56. The third-order valence-corrected chi connectivity index (χ3v) is 5.52. The lowest BCUT2D eigenvalue weighted by molar-refractivity contribution is 0.338. The highest BCUT2D eigenvalue weighted by atomic mass is 32.2. The number of benzene rings is 1. The quantitative estimate of drug-likeness (QED) is 0.877. The molecule has 22 heavy (non-hydrogen) atoms. The predicted molar refractivity (Wildman–Crippen MR) is 89.9 cm³/mol. The number of allylic oxidation sites excluding steroid dienone is 2. The third-order valence-electron chi connectivity index (χ3n) is 3.89. The zero-order valence-corrected chi connectivity index (χ0v) is 14.2. The van der Waals surface area contributed by atoms with Gasteiger partial charge in [0.25, 0.3) is 0 Å². The van der Waals surface area contributed by atoms with Crippen molar-refractivity contribution >= 4 is 10.0 Å². The minimum absolute atomic E-state index is 0.295. The van der Waals surface area contributed by atoms with Crippen molar-refractivity contribution in [1.82, 2.24) is 9.62 Å². The summed E-state index contributed by atoms with van der Waals surface area (Å²) in [5, 5.41) is 0. The van der Waals surface area contributed by atoms with E-state index in [1.807, 2.05) is 25.1 Å². The molecule has 0 fully saturated rings.